The Hall–Kier alpha value is -0.240. The van der Waals surface area contributed by atoms with Gasteiger partial charge in [-0.1, -0.05) is 26.7 Å². The minimum absolute atomic E-state index is 0.201. The van der Waals surface area contributed by atoms with E-state index in [0.29, 0.717) is 5.92 Å². The van der Waals surface area contributed by atoms with E-state index < -0.39 is 31.0 Å². The Morgan fingerprint density at radius 3 is 1.74 bits per heavy atom. The van der Waals surface area contributed by atoms with Crippen molar-refractivity contribution < 1.29 is 25.5 Å². The van der Waals surface area contributed by atoms with Crippen molar-refractivity contribution in [3.8, 4) is 0 Å². The monoisotopic (exact) mass is 279 g/mol. The Kier molecular flexibility index (Phi) is 9.51. The highest BCUT2D eigenvalue weighted by Gasteiger charge is 2.30. The van der Waals surface area contributed by atoms with Gasteiger partial charge in [-0.2, -0.15) is 0 Å². The smallest absolute Gasteiger partial charge is 0.111 e. The summed E-state index contributed by atoms with van der Waals surface area (Å²) in [4.78, 5) is 1.89. The molecule has 0 aromatic rings. The van der Waals surface area contributed by atoms with Crippen LogP contribution < -0.4 is 0 Å². The molecule has 0 saturated carbocycles. The van der Waals surface area contributed by atoms with Crippen LogP contribution in [0.4, 0.5) is 0 Å². The highest BCUT2D eigenvalue weighted by Crippen LogP contribution is 2.11. The van der Waals surface area contributed by atoms with E-state index in [0.717, 1.165) is 19.4 Å². The van der Waals surface area contributed by atoms with Gasteiger partial charge in [-0.15, -0.1) is 0 Å². The molecule has 116 valence electrons. The molecule has 0 rings (SSSR count). The van der Waals surface area contributed by atoms with Crippen LogP contribution in [0.1, 0.15) is 26.7 Å². The fraction of sp³-hybridized carbons (Fsp3) is 1.00. The number of rotatable bonds is 10. The largest absolute Gasteiger partial charge is 0.394 e. The number of likely N-dealkylation sites (N-methyl/N-ethyl adjacent to an activating group) is 1. The molecule has 0 radical (unpaired) electrons. The third-order valence-corrected chi connectivity index (χ3v) is 3.55. The molecule has 5 N–H and O–H groups in total. The molecular weight excluding hydrogens is 250 g/mol. The third kappa shape index (κ3) is 6.65. The van der Waals surface area contributed by atoms with Crippen LogP contribution in [0, 0.1) is 5.92 Å². The Balaban J connectivity index is 4.23. The summed E-state index contributed by atoms with van der Waals surface area (Å²) in [6.07, 6.45) is -3.56. The van der Waals surface area contributed by atoms with Crippen molar-refractivity contribution in [3.63, 3.8) is 0 Å². The number of hydrogen-bond donors (Lipinski definition) is 5. The normalized spacial score (nSPS) is 18.6. The first-order valence-corrected chi connectivity index (χ1v) is 6.88. The van der Waals surface area contributed by atoms with E-state index in [1.54, 1.807) is 0 Å². The van der Waals surface area contributed by atoms with E-state index in [2.05, 4.69) is 13.8 Å². The van der Waals surface area contributed by atoms with Crippen LogP contribution >= 0.6 is 0 Å². The van der Waals surface area contributed by atoms with E-state index in [4.69, 9.17) is 5.11 Å². The lowest BCUT2D eigenvalue weighted by Crippen LogP contribution is -2.49. The molecule has 0 aliphatic carbocycles. The SMILES string of the molecule is CCC(CC)CN(C)C[C@H](O)[C@@H](O)[C@H](O)[C@H](O)CO. The highest BCUT2D eigenvalue weighted by atomic mass is 16.4. The molecule has 0 saturated heterocycles. The van der Waals surface area contributed by atoms with E-state index in [1.165, 1.54) is 0 Å². The van der Waals surface area contributed by atoms with Gasteiger partial charge in [0.05, 0.1) is 12.7 Å². The predicted octanol–water partition coefficient (Wildman–Crippen LogP) is -1.21. The van der Waals surface area contributed by atoms with Gasteiger partial charge in [-0.25, -0.2) is 0 Å². The molecule has 0 unspecified atom stereocenters. The maximum atomic E-state index is 9.82. The number of aliphatic hydroxyl groups is 5. The molecule has 0 heterocycles. The summed E-state index contributed by atoms with van der Waals surface area (Å²) in [5.41, 5.74) is 0. The van der Waals surface area contributed by atoms with Crippen LogP contribution in [0.25, 0.3) is 0 Å². The van der Waals surface area contributed by atoms with Crippen LogP contribution in [0.2, 0.25) is 0 Å². The highest BCUT2D eigenvalue weighted by molar-refractivity contribution is 4.82. The van der Waals surface area contributed by atoms with Gasteiger partial charge in [0.15, 0.2) is 0 Å². The second-order valence-corrected chi connectivity index (χ2v) is 5.20. The molecule has 4 atom stereocenters. The zero-order chi connectivity index (χ0) is 15.0. The summed E-state index contributed by atoms with van der Waals surface area (Å²) >= 11 is 0. The van der Waals surface area contributed by atoms with Crippen LogP contribution in [-0.2, 0) is 0 Å². The van der Waals surface area contributed by atoms with Gasteiger partial charge in [0.25, 0.3) is 0 Å². The fourth-order valence-corrected chi connectivity index (χ4v) is 2.05. The Bertz CT molecular complexity index is 225. The zero-order valence-electron chi connectivity index (χ0n) is 12.1. The van der Waals surface area contributed by atoms with E-state index in [1.807, 2.05) is 11.9 Å². The van der Waals surface area contributed by atoms with Gasteiger partial charge >= 0.3 is 0 Å². The fourth-order valence-electron chi connectivity index (χ4n) is 2.05. The van der Waals surface area contributed by atoms with E-state index >= 15 is 0 Å². The maximum Gasteiger partial charge on any atom is 0.111 e. The molecule has 6 heteroatoms. The van der Waals surface area contributed by atoms with Crippen LogP contribution in [-0.4, -0.2) is 81.6 Å². The quantitative estimate of drug-likeness (QED) is 0.344. The number of nitrogens with zero attached hydrogens (tertiary/aromatic N) is 1. The van der Waals surface area contributed by atoms with E-state index in [9.17, 15) is 20.4 Å². The minimum atomic E-state index is -1.55. The lowest BCUT2D eigenvalue weighted by Gasteiger charge is -2.29. The topological polar surface area (TPSA) is 104 Å². The van der Waals surface area contributed by atoms with Crippen molar-refractivity contribution >= 4 is 0 Å². The van der Waals surface area contributed by atoms with Crippen molar-refractivity contribution in [2.75, 3.05) is 26.7 Å². The molecule has 0 aromatic carbocycles. The number of aliphatic hydroxyl groups excluding tert-OH is 5. The Morgan fingerprint density at radius 1 is 0.842 bits per heavy atom. The van der Waals surface area contributed by atoms with Gasteiger partial charge in [0, 0.05) is 13.1 Å². The Morgan fingerprint density at radius 2 is 1.32 bits per heavy atom. The van der Waals surface area contributed by atoms with Gasteiger partial charge < -0.3 is 30.4 Å². The molecule has 0 bridgehead atoms. The molecule has 0 fully saturated rings. The molecule has 6 nitrogen and oxygen atoms in total. The van der Waals surface area contributed by atoms with Gasteiger partial charge in [-0.3, -0.25) is 0 Å². The lowest BCUT2D eigenvalue weighted by atomic mass is 10.0. The third-order valence-electron chi connectivity index (χ3n) is 3.55. The van der Waals surface area contributed by atoms with Gasteiger partial charge in [0.1, 0.15) is 18.3 Å². The summed E-state index contributed by atoms with van der Waals surface area (Å²) in [5, 5.41) is 46.9. The summed E-state index contributed by atoms with van der Waals surface area (Å²) in [7, 11) is 1.84. The summed E-state index contributed by atoms with van der Waals surface area (Å²) in [6.45, 7) is 4.56. The average Bonchev–Trinajstić information content (AvgIpc) is 2.41. The molecule has 19 heavy (non-hydrogen) atoms. The van der Waals surface area contributed by atoms with Crippen molar-refractivity contribution in [1.82, 2.24) is 4.90 Å². The first-order valence-electron chi connectivity index (χ1n) is 6.88. The first kappa shape index (κ1) is 18.8. The van der Waals surface area contributed by atoms with Crippen LogP contribution in [0.3, 0.4) is 0 Å². The molecular formula is C13H29NO5. The standard InChI is InChI=1S/C13H29NO5/c1-4-9(5-2)6-14(3)7-10(16)12(18)13(19)11(17)8-15/h9-13,15-19H,4-8H2,1-3H3/t10-,11+,12+,13+/m0/s1. The Labute approximate surface area is 115 Å². The predicted molar refractivity (Wildman–Crippen MR) is 72.7 cm³/mol. The number of hydrogen-bond acceptors (Lipinski definition) is 6. The van der Waals surface area contributed by atoms with Crippen molar-refractivity contribution in [3.05, 3.63) is 0 Å². The van der Waals surface area contributed by atoms with Crippen LogP contribution in [0.15, 0.2) is 0 Å². The maximum absolute atomic E-state index is 9.82. The second-order valence-electron chi connectivity index (χ2n) is 5.20. The second kappa shape index (κ2) is 9.63. The molecule has 0 aliphatic rings. The summed E-state index contributed by atoms with van der Waals surface area (Å²) < 4.78 is 0. The van der Waals surface area contributed by atoms with E-state index in [-0.39, 0.29) is 6.54 Å². The van der Waals surface area contributed by atoms with Crippen molar-refractivity contribution in [2.24, 2.45) is 5.92 Å². The molecule has 0 aromatic heterocycles. The zero-order valence-corrected chi connectivity index (χ0v) is 12.1. The average molecular weight is 279 g/mol. The molecule has 0 aliphatic heterocycles. The van der Waals surface area contributed by atoms with Crippen molar-refractivity contribution in [1.29, 1.82) is 0 Å². The summed E-state index contributed by atoms with van der Waals surface area (Å²) in [5.74, 6) is 0.530. The molecule has 0 spiro atoms. The van der Waals surface area contributed by atoms with Crippen molar-refractivity contribution in [2.45, 2.75) is 51.1 Å². The van der Waals surface area contributed by atoms with Crippen LogP contribution in [0.5, 0.6) is 0 Å². The minimum Gasteiger partial charge on any atom is -0.394 e. The summed E-state index contributed by atoms with van der Waals surface area (Å²) in [6, 6.07) is 0. The molecule has 0 amide bonds. The lowest BCUT2D eigenvalue weighted by molar-refractivity contribution is -0.119. The van der Waals surface area contributed by atoms with Gasteiger partial charge in [0.2, 0.25) is 0 Å². The first-order chi connectivity index (χ1) is 8.87. The van der Waals surface area contributed by atoms with Gasteiger partial charge in [-0.05, 0) is 13.0 Å².